The van der Waals surface area contributed by atoms with Crippen molar-refractivity contribution in [1.29, 1.82) is 0 Å². The Morgan fingerprint density at radius 1 is 1.47 bits per heavy atom. The van der Waals surface area contributed by atoms with Gasteiger partial charge in [0.2, 0.25) is 5.82 Å². The number of benzene rings is 1. The molecule has 7 heteroatoms. The second kappa shape index (κ2) is 5.57. The lowest BCUT2D eigenvalue weighted by Gasteiger charge is -2.01. The van der Waals surface area contributed by atoms with E-state index in [1.165, 1.54) is 12.1 Å². The summed E-state index contributed by atoms with van der Waals surface area (Å²) in [5, 5.41) is 24.3. The first kappa shape index (κ1) is 13.2. The third-order valence-electron chi connectivity index (χ3n) is 2.63. The summed E-state index contributed by atoms with van der Waals surface area (Å²) in [4.78, 5) is 14.4. The molecule has 2 rings (SSSR count). The Labute approximate surface area is 109 Å². The highest BCUT2D eigenvalue weighted by molar-refractivity contribution is 5.66. The van der Waals surface area contributed by atoms with Crippen LogP contribution >= 0.6 is 0 Å². The van der Waals surface area contributed by atoms with Crippen LogP contribution in [0.15, 0.2) is 28.8 Å². The monoisotopic (exact) mass is 263 g/mol. The Bertz CT molecular complexity index is 582. The maximum absolute atomic E-state index is 10.9. The van der Waals surface area contributed by atoms with E-state index in [0.29, 0.717) is 6.42 Å². The smallest absolute Gasteiger partial charge is 0.282 e. The third-order valence-corrected chi connectivity index (χ3v) is 2.63. The summed E-state index contributed by atoms with van der Waals surface area (Å²) in [6, 6.07) is 6.10. The van der Waals surface area contributed by atoms with Gasteiger partial charge in [-0.3, -0.25) is 10.1 Å². The average molecular weight is 263 g/mol. The lowest BCUT2D eigenvalue weighted by molar-refractivity contribution is -0.384. The molecule has 1 N–H and O–H groups in total. The zero-order chi connectivity index (χ0) is 13.8. The summed E-state index contributed by atoms with van der Waals surface area (Å²) in [7, 11) is 0. The maximum atomic E-state index is 10.9. The fourth-order valence-corrected chi connectivity index (χ4v) is 1.70. The number of aliphatic hydroxyl groups is 1. The molecule has 0 aliphatic rings. The van der Waals surface area contributed by atoms with E-state index >= 15 is 0 Å². The van der Waals surface area contributed by atoms with Crippen LogP contribution in [0.5, 0.6) is 0 Å². The van der Waals surface area contributed by atoms with E-state index in [4.69, 9.17) is 4.52 Å². The van der Waals surface area contributed by atoms with Gasteiger partial charge in [-0.1, -0.05) is 30.6 Å². The van der Waals surface area contributed by atoms with Crippen molar-refractivity contribution < 1.29 is 14.6 Å². The Hall–Kier alpha value is -2.28. The molecule has 7 nitrogen and oxygen atoms in total. The number of aromatic nitrogens is 2. The second-order valence-electron chi connectivity index (χ2n) is 4.04. The number of nitro groups is 1. The number of hydrogen-bond donors (Lipinski definition) is 1. The van der Waals surface area contributed by atoms with Crippen LogP contribution in [0.1, 0.15) is 31.7 Å². The van der Waals surface area contributed by atoms with Crippen molar-refractivity contribution >= 4 is 5.69 Å². The zero-order valence-electron chi connectivity index (χ0n) is 10.3. The van der Waals surface area contributed by atoms with Crippen molar-refractivity contribution in [2.75, 3.05) is 0 Å². The van der Waals surface area contributed by atoms with Gasteiger partial charge in [0.15, 0.2) is 0 Å². The van der Waals surface area contributed by atoms with Gasteiger partial charge in [-0.25, -0.2) is 0 Å². The van der Waals surface area contributed by atoms with Gasteiger partial charge >= 0.3 is 0 Å². The van der Waals surface area contributed by atoms with E-state index in [0.717, 1.165) is 6.42 Å². The van der Waals surface area contributed by atoms with E-state index < -0.39 is 11.0 Å². The minimum Gasteiger partial charge on any atom is -0.385 e. The molecule has 100 valence electrons. The van der Waals surface area contributed by atoms with E-state index in [2.05, 4.69) is 10.1 Å². The number of aliphatic hydroxyl groups excluding tert-OH is 1. The van der Waals surface area contributed by atoms with Crippen molar-refractivity contribution in [3.05, 3.63) is 40.2 Å². The number of nitro benzene ring substituents is 1. The molecule has 0 radical (unpaired) electrons. The summed E-state index contributed by atoms with van der Waals surface area (Å²) in [5.74, 6) is 0.187. The van der Waals surface area contributed by atoms with E-state index in [1.807, 2.05) is 6.92 Å². The van der Waals surface area contributed by atoms with Crippen LogP contribution in [0, 0.1) is 10.1 Å². The molecule has 0 amide bonds. The summed E-state index contributed by atoms with van der Waals surface area (Å²) >= 11 is 0. The molecule has 1 heterocycles. The van der Waals surface area contributed by atoms with Crippen LogP contribution in [0.3, 0.4) is 0 Å². The average Bonchev–Trinajstić information content (AvgIpc) is 2.88. The Morgan fingerprint density at radius 2 is 2.21 bits per heavy atom. The molecule has 0 fully saturated rings. The molecule has 1 aromatic heterocycles. The fourth-order valence-electron chi connectivity index (χ4n) is 1.70. The summed E-state index contributed by atoms with van der Waals surface area (Å²) < 4.78 is 4.98. The molecule has 1 aromatic carbocycles. The second-order valence-corrected chi connectivity index (χ2v) is 4.04. The van der Waals surface area contributed by atoms with Crippen molar-refractivity contribution in [3.8, 4) is 11.5 Å². The molecule has 0 bridgehead atoms. The number of hydrogen-bond acceptors (Lipinski definition) is 6. The molecule has 0 aliphatic heterocycles. The highest BCUT2D eigenvalue weighted by Gasteiger charge is 2.21. The van der Waals surface area contributed by atoms with Crippen molar-refractivity contribution in [1.82, 2.24) is 10.1 Å². The van der Waals surface area contributed by atoms with Crippen LogP contribution in [0.4, 0.5) is 5.69 Å². The van der Waals surface area contributed by atoms with Gasteiger partial charge in [0.25, 0.3) is 11.6 Å². The van der Waals surface area contributed by atoms with Gasteiger partial charge in [0, 0.05) is 6.07 Å². The topological polar surface area (TPSA) is 102 Å². The van der Waals surface area contributed by atoms with Gasteiger partial charge in [-0.2, -0.15) is 4.98 Å². The normalized spacial score (nSPS) is 12.3. The van der Waals surface area contributed by atoms with Crippen molar-refractivity contribution in [2.24, 2.45) is 0 Å². The van der Waals surface area contributed by atoms with E-state index in [1.54, 1.807) is 12.1 Å². The Morgan fingerprint density at radius 3 is 2.89 bits per heavy atom. The quantitative estimate of drug-likeness (QED) is 0.656. The highest BCUT2D eigenvalue weighted by Crippen LogP contribution is 2.29. The summed E-state index contributed by atoms with van der Waals surface area (Å²) in [5.41, 5.74) is 0.137. The largest absolute Gasteiger partial charge is 0.385 e. The molecule has 1 atom stereocenters. The number of nitrogens with zero attached hydrogens (tertiary/aromatic N) is 3. The number of rotatable bonds is 5. The first-order chi connectivity index (χ1) is 9.13. The van der Waals surface area contributed by atoms with Crippen LogP contribution in [0.2, 0.25) is 0 Å². The molecule has 0 spiro atoms. The first-order valence-corrected chi connectivity index (χ1v) is 5.89. The van der Waals surface area contributed by atoms with Gasteiger partial charge in [-0.05, 0) is 12.5 Å². The van der Waals surface area contributed by atoms with Crippen LogP contribution < -0.4 is 0 Å². The lowest BCUT2D eigenvalue weighted by atomic mass is 10.2. The third kappa shape index (κ3) is 2.76. The first-order valence-electron chi connectivity index (χ1n) is 5.89. The van der Waals surface area contributed by atoms with E-state index in [-0.39, 0.29) is 23.0 Å². The number of para-hydroxylation sites is 1. The van der Waals surface area contributed by atoms with Crippen molar-refractivity contribution in [2.45, 2.75) is 25.9 Å². The van der Waals surface area contributed by atoms with Gasteiger partial charge in [0.1, 0.15) is 11.7 Å². The van der Waals surface area contributed by atoms with Crippen LogP contribution in [0.25, 0.3) is 11.5 Å². The predicted octanol–water partition coefficient (Wildman–Crippen LogP) is 2.48. The van der Waals surface area contributed by atoms with Crippen molar-refractivity contribution in [3.63, 3.8) is 0 Å². The molecule has 19 heavy (non-hydrogen) atoms. The minimum absolute atomic E-state index is 0.0393. The molecule has 2 aromatic rings. The highest BCUT2D eigenvalue weighted by atomic mass is 16.6. The zero-order valence-corrected chi connectivity index (χ0v) is 10.3. The maximum Gasteiger partial charge on any atom is 0.282 e. The molecular formula is C12H13N3O4. The molecule has 1 unspecified atom stereocenters. The van der Waals surface area contributed by atoms with Gasteiger partial charge < -0.3 is 9.63 Å². The minimum atomic E-state index is -0.815. The fraction of sp³-hybridized carbons (Fsp3) is 0.333. The summed E-state index contributed by atoms with van der Waals surface area (Å²) in [6.45, 7) is 1.92. The SMILES string of the molecule is CCCC(O)c1noc(-c2ccccc2[N+](=O)[O-])n1. The molecule has 0 saturated heterocycles. The van der Waals surface area contributed by atoms with Gasteiger partial charge in [0.05, 0.1) is 4.92 Å². The molecule has 0 saturated carbocycles. The Balaban J connectivity index is 2.35. The van der Waals surface area contributed by atoms with Gasteiger partial charge in [-0.15, -0.1) is 0 Å². The van der Waals surface area contributed by atoms with E-state index in [9.17, 15) is 15.2 Å². The van der Waals surface area contributed by atoms with Crippen LogP contribution in [-0.4, -0.2) is 20.2 Å². The predicted molar refractivity (Wildman–Crippen MR) is 66.3 cm³/mol. The molecule has 0 aliphatic carbocycles. The summed E-state index contributed by atoms with van der Waals surface area (Å²) in [6.07, 6.45) is 0.470. The lowest BCUT2D eigenvalue weighted by Crippen LogP contribution is -1.99. The Kier molecular flexibility index (Phi) is 3.86. The standard InChI is InChI=1S/C12H13N3O4/c1-2-5-10(16)11-13-12(19-14-11)8-6-3-4-7-9(8)15(17)18/h3-4,6-7,10,16H,2,5H2,1H3. The molecular weight excluding hydrogens is 250 g/mol. The van der Waals surface area contributed by atoms with Crippen LogP contribution in [-0.2, 0) is 0 Å².